The lowest BCUT2D eigenvalue weighted by Gasteiger charge is -2.07. The topological polar surface area (TPSA) is 87.0 Å². The lowest BCUT2D eigenvalue weighted by atomic mass is 10.1. The van der Waals surface area contributed by atoms with Crippen LogP contribution < -0.4 is 5.32 Å². The lowest BCUT2D eigenvalue weighted by molar-refractivity contribution is -0.116. The zero-order valence-electron chi connectivity index (χ0n) is 13.3. The zero-order chi connectivity index (χ0) is 17.6. The normalized spacial score (nSPS) is 10.8. The molecule has 1 amide bonds. The van der Waals surface area contributed by atoms with Crippen LogP contribution >= 0.6 is 0 Å². The van der Waals surface area contributed by atoms with Crippen molar-refractivity contribution in [3.05, 3.63) is 59.7 Å². The molecule has 0 unspecified atom stereocenters. The number of nitrogens with one attached hydrogen (secondary N) is 1. The van der Waals surface area contributed by atoms with E-state index in [4.69, 9.17) is 5.26 Å². The van der Waals surface area contributed by atoms with Crippen LogP contribution in [0.3, 0.4) is 0 Å². The van der Waals surface area contributed by atoms with Gasteiger partial charge in [0.1, 0.15) is 0 Å². The number of anilines is 1. The minimum Gasteiger partial charge on any atom is -0.326 e. The molecule has 0 aromatic heterocycles. The van der Waals surface area contributed by atoms with Crippen LogP contribution in [0.5, 0.6) is 0 Å². The lowest BCUT2D eigenvalue weighted by Crippen LogP contribution is -2.12. The Morgan fingerprint density at radius 1 is 1.08 bits per heavy atom. The van der Waals surface area contributed by atoms with E-state index < -0.39 is 9.84 Å². The summed E-state index contributed by atoms with van der Waals surface area (Å²) in [5, 5.41) is 11.5. The van der Waals surface area contributed by atoms with Gasteiger partial charge in [-0.25, -0.2) is 8.42 Å². The van der Waals surface area contributed by atoms with Crippen molar-refractivity contribution in [2.24, 2.45) is 0 Å². The summed E-state index contributed by atoms with van der Waals surface area (Å²) in [5.74, 6) is -0.103. The molecule has 24 heavy (non-hydrogen) atoms. The van der Waals surface area contributed by atoms with E-state index in [1.54, 1.807) is 31.2 Å². The molecule has 2 aromatic rings. The molecule has 0 aliphatic heterocycles. The Labute approximate surface area is 141 Å². The molecule has 2 rings (SSSR count). The molecule has 0 heterocycles. The second-order valence-corrected chi connectivity index (χ2v) is 7.56. The quantitative estimate of drug-likeness (QED) is 0.874. The van der Waals surface area contributed by atoms with E-state index in [1.807, 2.05) is 18.2 Å². The number of hydrogen-bond donors (Lipinski definition) is 1. The van der Waals surface area contributed by atoms with Gasteiger partial charge in [-0.15, -0.1) is 0 Å². The van der Waals surface area contributed by atoms with Gasteiger partial charge in [0.05, 0.1) is 22.3 Å². The summed E-state index contributed by atoms with van der Waals surface area (Å²) in [4.78, 5) is 12.2. The van der Waals surface area contributed by atoms with E-state index in [0.29, 0.717) is 24.1 Å². The van der Waals surface area contributed by atoms with Gasteiger partial charge in [-0.3, -0.25) is 4.79 Å². The number of nitrogens with zero attached hydrogens (tertiary/aromatic N) is 1. The van der Waals surface area contributed by atoms with Gasteiger partial charge in [-0.1, -0.05) is 19.1 Å². The number of nitriles is 1. The van der Waals surface area contributed by atoms with Gasteiger partial charge in [0.2, 0.25) is 5.91 Å². The highest BCUT2D eigenvalue weighted by Crippen LogP contribution is 2.16. The summed E-state index contributed by atoms with van der Waals surface area (Å²) in [6.45, 7) is 1.59. The molecule has 0 aliphatic rings. The molecule has 6 heteroatoms. The number of rotatable bonds is 6. The predicted octanol–water partition coefficient (Wildman–Crippen LogP) is 2.92. The number of amides is 1. The molecule has 0 radical (unpaired) electrons. The average Bonchev–Trinajstić information content (AvgIpc) is 2.61. The monoisotopic (exact) mass is 342 g/mol. The van der Waals surface area contributed by atoms with Crippen molar-refractivity contribution in [2.45, 2.75) is 24.7 Å². The predicted molar refractivity (Wildman–Crippen MR) is 92.3 cm³/mol. The maximum Gasteiger partial charge on any atom is 0.224 e. The highest BCUT2D eigenvalue weighted by Gasteiger charge is 2.11. The number of carbonyl (C=O) groups excluding carboxylic acids is 1. The van der Waals surface area contributed by atoms with Crippen LogP contribution in [0.15, 0.2) is 53.4 Å². The second-order valence-electron chi connectivity index (χ2n) is 5.28. The van der Waals surface area contributed by atoms with Gasteiger partial charge in [-0.2, -0.15) is 5.26 Å². The van der Waals surface area contributed by atoms with Gasteiger partial charge in [0.15, 0.2) is 9.84 Å². The minimum atomic E-state index is -3.23. The summed E-state index contributed by atoms with van der Waals surface area (Å²) in [6, 6.07) is 15.3. The summed E-state index contributed by atoms with van der Waals surface area (Å²) < 4.78 is 23.5. The fourth-order valence-corrected chi connectivity index (χ4v) is 3.02. The molecule has 124 valence electrons. The number of hydrogen-bond acceptors (Lipinski definition) is 4. The number of sulfone groups is 1. The van der Waals surface area contributed by atoms with Crippen molar-refractivity contribution in [2.75, 3.05) is 11.1 Å². The molecule has 0 spiro atoms. The minimum absolute atomic E-state index is 0.0449. The Balaban J connectivity index is 1.91. The first-order valence-corrected chi connectivity index (χ1v) is 9.21. The van der Waals surface area contributed by atoms with E-state index in [9.17, 15) is 13.2 Å². The molecule has 0 aliphatic carbocycles. The molecular formula is C18H18N2O3S. The van der Waals surface area contributed by atoms with Gasteiger partial charge in [-0.05, 0) is 48.4 Å². The van der Waals surface area contributed by atoms with Crippen molar-refractivity contribution >= 4 is 21.4 Å². The van der Waals surface area contributed by atoms with Gasteiger partial charge >= 0.3 is 0 Å². The van der Waals surface area contributed by atoms with Crippen LogP contribution in [-0.2, 0) is 21.1 Å². The third-order valence-electron chi connectivity index (χ3n) is 3.60. The molecule has 0 atom stereocenters. The number of aryl methyl sites for hydroxylation is 1. The smallest absolute Gasteiger partial charge is 0.224 e. The Morgan fingerprint density at radius 3 is 2.25 bits per heavy atom. The van der Waals surface area contributed by atoms with E-state index in [1.165, 1.54) is 12.1 Å². The first-order chi connectivity index (χ1) is 11.4. The maximum atomic E-state index is 12.0. The number of benzene rings is 2. The van der Waals surface area contributed by atoms with Crippen molar-refractivity contribution in [3.63, 3.8) is 0 Å². The van der Waals surface area contributed by atoms with Crippen molar-refractivity contribution < 1.29 is 13.2 Å². The fraction of sp³-hybridized carbons (Fsp3) is 0.222. The third kappa shape index (κ3) is 4.67. The molecule has 0 bridgehead atoms. The van der Waals surface area contributed by atoms with Crippen molar-refractivity contribution in [1.82, 2.24) is 0 Å². The molecule has 2 aromatic carbocycles. The highest BCUT2D eigenvalue weighted by molar-refractivity contribution is 7.91. The van der Waals surface area contributed by atoms with Crippen LogP contribution in [0.1, 0.15) is 24.5 Å². The molecule has 0 fully saturated rings. The Kier molecular flexibility index (Phi) is 5.72. The van der Waals surface area contributed by atoms with E-state index in [2.05, 4.69) is 5.32 Å². The largest absolute Gasteiger partial charge is 0.326 e. The third-order valence-corrected chi connectivity index (χ3v) is 5.35. The fourth-order valence-electron chi connectivity index (χ4n) is 2.14. The molecule has 5 nitrogen and oxygen atoms in total. The first kappa shape index (κ1) is 17.7. The van der Waals surface area contributed by atoms with Crippen molar-refractivity contribution in [3.8, 4) is 6.07 Å². The van der Waals surface area contributed by atoms with Crippen LogP contribution in [0.2, 0.25) is 0 Å². The highest BCUT2D eigenvalue weighted by atomic mass is 32.2. The van der Waals surface area contributed by atoms with E-state index >= 15 is 0 Å². The standard InChI is InChI=1S/C18H18N2O3S/c1-2-24(22,23)17-10-8-16(9-11-17)20-18(21)12-7-14-3-5-15(13-19)6-4-14/h3-6,8-11H,2,7,12H2,1H3,(H,20,21). The Hall–Kier alpha value is -2.65. The summed E-state index contributed by atoms with van der Waals surface area (Å²) in [5.41, 5.74) is 2.13. The van der Waals surface area contributed by atoms with Crippen LogP contribution in [0.25, 0.3) is 0 Å². The van der Waals surface area contributed by atoms with E-state index in [-0.39, 0.29) is 16.6 Å². The van der Waals surface area contributed by atoms with Crippen LogP contribution in [0.4, 0.5) is 5.69 Å². The van der Waals surface area contributed by atoms with Gasteiger partial charge in [0, 0.05) is 12.1 Å². The van der Waals surface area contributed by atoms with Gasteiger partial charge in [0.25, 0.3) is 0 Å². The molecule has 1 N–H and O–H groups in total. The Morgan fingerprint density at radius 2 is 1.71 bits per heavy atom. The molecule has 0 saturated heterocycles. The maximum absolute atomic E-state index is 12.0. The first-order valence-electron chi connectivity index (χ1n) is 7.56. The summed E-state index contributed by atoms with van der Waals surface area (Å²) >= 11 is 0. The second kappa shape index (κ2) is 7.75. The van der Waals surface area contributed by atoms with Crippen LogP contribution in [0, 0.1) is 11.3 Å². The zero-order valence-corrected chi connectivity index (χ0v) is 14.1. The van der Waals surface area contributed by atoms with Crippen molar-refractivity contribution in [1.29, 1.82) is 5.26 Å². The van der Waals surface area contributed by atoms with E-state index in [0.717, 1.165) is 5.56 Å². The SMILES string of the molecule is CCS(=O)(=O)c1ccc(NC(=O)CCc2ccc(C#N)cc2)cc1. The Bertz CT molecular complexity index is 849. The molecule has 0 saturated carbocycles. The van der Waals surface area contributed by atoms with Gasteiger partial charge < -0.3 is 5.32 Å². The molecular weight excluding hydrogens is 324 g/mol. The average molecular weight is 342 g/mol. The summed E-state index contributed by atoms with van der Waals surface area (Å²) in [7, 11) is -3.23. The van der Waals surface area contributed by atoms with Crippen LogP contribution in [-0.4, -0.2) is 20.1 Å². The summed E-state index contributed by atoms with van der Waals surface area (Å²) in [6.07, 6.45) is 0.876. The number of carbonyl (C=O) groups is 1.